The molecule has 4 heteroatoms. The SMILES string of the molecule is C[C@@H]1Cc2cc(Br)ccc2N1C(=O)OCc1ccccc1. The van der Waals surface area contributed by atoms with Gasteiger partial charge in [0.25, 0.3) is 0 Å². The molecule has 0 aromatic heterocycles. The van der Waals surface area contributed by atoms with Gasteiger partial charge in [0.15, 0.2) is 0 Å². The Morgan fingerprint density at radius 2 is 2.05 bits per heavy atom. The van der Waals surface area contributed by atoms with E-state index in [1.54, 1.807) is 4.90 Å². The van der Waals surface area contributed by atoms with Gasteiger partial charge in [-0.2, -0.15) is 0 Å². The lowest BCUT2D eigenvalue weighted by Gasteiger charge is -2.22. The number of amides is 1. The second kappa shape index (κ2) is 5.90. The standard InChI is InChI=1S/C17H16BrNO2/c1-12-9-14-10-15(18)7-8-16(14)19(12)17(20)21-11-13-5-3-2-4-6-13/h2-8,10,12H,9,11H2,1H3/t12-/m1/s1. The molecule has 108 valence electrons. The van der Waals surface area contributed by atoms with Crippen molar-refractivity contribution in [3.05, 3.63) is 64.1 Å². The van der Waals surface area contributed by atoms with Crippen molar-refractivity contribution in [2.45, 2.75) is 26.0 Å². The summed E-state index contributed by atoms with van der Waals surface area (Å²) in [5, 5.41) is 0. The molecule has 0 unspecified atom stereocenters. The van der Waals surface area contributed by atoms with Crippen LogP contribution in [0.4, 0.5) is 10.5 Å². The van der Waals surface area contributed by atoms with Gasteiger partial charge in [-0.25, -0.2) is 4.79 Å². The molecule has 0 saturated carbocycles. The molecule has 0 spiro atoms. The fraction of sp³-hybridized carbons (Fsp3) is 0.235. The summed E-state index contributed by atoms with van der Waals surface area (Å²) in [6.07, 6.45) is 0.572. The van der Waals surface area contributed by atoms with Gasteiger partial charge in [0, 0.05) is 10.5 Å². The van der Waals surface area contributed by atoms with Crippen LogP contribution in [0.25, 0.3) is 0 Å². The van der Waals surface area contributed by atoms with Gasteiger partial charge in [-0.15, -0.1) is 0 Å². The molecule has 0 aliphatic carbocycles. The van der Waals surface area contributed by atoms with Crippen LogP contribution in [0.2, 0.25) is 0 Å². The molecule has 0 N–H and O–H groups in total. The number of nitrogens with zero attached hydrogens (tertiary/aromatic N) is 1. The molecule has 3 nitrogen and oxygen atoms in total. The quantitative estimate of drug-likeness (QED) is 0.799. The number of anilines is 1. The summed E-state index contributed by atoms with van der Waals surface area (Å²) in [5.74, 6) is 0. The van der Waals surface area contributed by atoms with Gasteiger partial charge in [-0.05, 0) is 42.7 Å². The average molecular weight is 346 g/mol. The fourth-order valence-corrected chi connectivity index (χ4v) is 3.08. The maximum atomic E-state index is 12.4. The minimum absolute atomic E-state index is 0.123. The van der Waals surface area contributed by atoms with Gasteiger partial charge in [0.05, 0.1) is 5.69 Å². The lowest BCUT2D eigenvalue weighted by atomic mass is 10.1. The van der Waals surface area contributed by atoms with E-state index in [4.69, 9.17) is 4.74 Å². The van der Waals surface area contributed by atoms with E-state index in [9.17, 15) is 4.79 Å². The maximum Gasteiger partial charge on any atom is 0.414 e. The molecule has 0 fully saturated rings. The van der Waals surface area contributed by atoms with Crippen molar-refractivity contribution in [3.8, 4) is 0 Å². The summed E-state index contributed by atoms with van der Waals surface area (Å²) in [5.41, 5.74) is 3.12. The molecule has 1 atom stereocenters. The van der Waals surface area contributed by atoms with Gasteiger partial charge >= 0.3 is 6.09 Å². The van der Waals surface area contributed by atoms with Crippen molar-refractivity contribution < 1.29 is 9.53 Å². The van der Waals surface area contributed by atoms with E-state index in [0.29, 0.717) is 6.61 Å². The van der Waals surface area contributed by atoms with Crippen LogP contribution < -0.4 is 4.90 Å². The van der Waals surface area contributed by atoms with Crippen molar-refractivity contribution in [1.29, 1.82) is 0 Å². The summed E-state index contributed by atoms with van der Waals surface area (Å²) in [4.78, 5) is 14.1. The van der Waals surface area contributed by atoms with E-state index in [2.05, 4.69) is 22.0 Å². The van der Waals surface area contributed by atoms with Crippen molar-refractivity contribution in [2.75, 3.05) is 4.90 Å². The number of benzene rings is 2. The van der Waals surface area contributed by atoms with Crippen LogP contribution in [0.15, 0.2) is 53.0 Å². The molecule has 3 rings (SSSR count). The highest BCUT2D eigenvalue weighted by atomic mass is 79.9. The zero-order valence-corrected chi connectivity index (χ0v) is 13.3. The number of hydrogen-bond donors (Lipinski definition) is 0. The van der Waals surface area contributed by atoms with Crippen molar-refractivity contribution >= 4 is 27.7 Å². The third-order valence-electron chi connectivity index (χ3n) is 3.66. The van der Waals surface area contributed by atoms with Crippen molar-refractivity contribution in [1.82, 2.24) is 0 Å². The minimum atomic E-state index is -0.285. The van der Waals surface area contributed by atoms with E-state index >= 15 is 0 Å². The second-order valence-electron chi connectivity index (χ2n) is 5.24. The zero-order valence-electron chi connectivity index (χ0n) is 11.8. The lowest BCUT2D eigenvalue weighted by Crippen LogP contribution is -2.36. The molecule has 2 aromatic carbocycles. The van der Waals surface area contributed by atoms with Gasteiger partial charge in [-0.3, -0.25) is 4.90 Å². The molecule has 1 aliphatic rings. The summed E-state index contributed by atoms with van der Waals surface area (Å²) >= 11 is 3.47. The molecule has 0 bridgehead atoms. The Bertz CT molecular complexity index is 657. The van der Waals surface area contributed by atoms with E-state index < -0.39 is 0 Å². The van der Waals surface area contributed by atoms with Crippen LogP contribution >= 0.6 is 15.9 Å². The molecule has 0 radical (unpaired) electrons. The topological polar surface area (TPSA) is 29.5 Å². The van der Waals surface area contributed by atoms with Crippen LogP contribution in [0, 0.1) is 0 Å². The van der Waals surface area contributed by atoms with E-state index in [0.717, 1.165) is 22.1 Å². The third-order valence-corrected chi connectivity index (χ3v) is 4.15. The van der Waals surface area contributed by atoms with Gasteiger partial charge < -0.3 is 4.74 Å². The van der Waals surface area contributed by atoms with Gasteiger partial charge in [0.2, 0.25) is 0 Å². The minimum Gasteiger partial charge on any atom is -0.444 e. The van der Waals surface area contributed by atoms with Crippen molar-refractivity contribution in [2.24, 2.45) is 0 Å². The predicted molar refractivity (Wildman–Crippen MR) is 86.4 cm³/mol. The van der Waals surface area contributed by atoms with Crippen LogP contribution in [0.1, 0.15) is 18.1 Å². The molecule has 1 amide bonds. The molecule has 1 heterocycles. The van der Waals surface area contributed by atoms with E-state index in [-0.39, 0.29) is 12.1 Å². The number of rotatable bonds is 2. The highest BCUT2D eigenvalue weighted by Gasteiger charge is 2.32. The fourth-order valence-electron chi connectivity index (χ4n) is 2.67. The Kier molecular flexibility index (Phi) is 3.97. The monoisotopic (exact) mass is 345 g/mol. The van der Waals surface area contributed by atoms with Crippen LogP contribution in [0.5, 0.6) is 0 Å². The Labute approximate surface area is 132 Å². The first kappa shape index (κ1) is 14.1. The lowest BCUT2D eigenvalue weighted by molar-refractivity contribution is 0.145. The Balaban J connectivity index is 1.73. The largest absolute Gasteiger partial charge is 0.444 e. The molecule has 2 aromatic rings. The third kappa shape index (κ3) is 2.95. The predicted octanol–water partition coefficient (Wildman–Crippen LogP) is 4.54. The molecule has 21 heavy (non-hydrogen) atoms. The highest BCUT2D eigenvalue weighted by Crippen LogP contribution is 2.34. The van der Waals surface area contributed by atoms with Gasteiger partial charge in [-0.1, -0.05) is 46.3 Å². The van der Waals surface area contributed by atoms with E-state index in [1.165, 1.54) is 5.56 Å². The number of carbonyl (C=O) groups is 1. The molecule has 1 aliphatic heterocycles. The highest BCUT2D eigenvalue weighted by molar-refractivity contribution is 9.10. The summed E-state index contributed by atoms with van der Waals surface area (Å²) in [6.45, 7) is 2.34. The number of carbonyl (C=O) groups excluding carboxylic acids is 1. The molecular formula is C17H16BrNO2. The first-order valence-electron chi connectivity index (χ1n) is 6.93. The smallest absolute Gasteiger partial charge is 0.414 e. The van der Waals surface area contributed by atoms with Crippen molar-refractivity contribution in [3.63, 3.8) is 0 Å². The Morgan fingerprint density at radius 1 is 1.29 bits per heavy atom. The number of ether oxygens (including phenoxy) is 1. The number of halogens is 1. The normalized spacial score (nSPS) is 16.7. The first-order chi connectivity index (χ1) is 10.1. The first-order valence-corrected chi connectivity index (χ1v) is 7.73. The van der Waals surface area contributed by atoms with Crippen LogP contribution in [0.3, 0.4) is 0 Å². The van der Waals surface area contributed by atoms with Crippen LogP contribution in [-0.2, 0) is 17.8 Å². The number of hydrogen-bond acceptors (Lipinski definition) is 2. The Hall–Kier alpha value is -1.81. The second-order valence-corrected chi connectivity index (χ2v) is 6.15. The molecule has 0 saturated heterocycles. The maximum absolute atomic E-state index is 12.4. The molecular weight excluding hydrogens is 330 g/mol. The Morgan fingerprint density at radius 3 is 2.81 bits per heavy atom. The van der Waals surface area contributed by atoms with Gasteiger partial charge in [0.1, 0.15) is 6.61 Å². The summed E-state index contributed by atoms with van der Waals surface area (Å²) in [6, 6.07) is 15.8. The average Bonchev–Trinajstić information content (AvgIpc) is 2.81. The van der Waals surface area contributed by atoms with E-state index in [1.807, 2.05) is 49.4 Å². The summed E-state index contributed by atoms with van der Waals surface area (Å²) in [7, 11) is 0. The summed E-state index contributed by atoms with van der Waals surface area (Å²) < 4.78 is 6.48. The van der Waals surface area contributed by atoms with Crippen LogP contribution in [-0.4, -0.2) is 12.1 Å². The number of fused-ring (bicyclic) bond motifs is 1. The zero-order chi connectivity index (χ0) is 14.8.